The number of ketones is 1. The SMILES string of the molecule is Cc1ccc(Nc2ccc3snc4c3c2C(=O)c2ccccc2-4)cc1S(N)(=O)=O. The summed E-state index contributed by atoms with van der Waals surface area (Å²) >= 11 is 1.36. The minimum atomic E-state index is -3.85. The van der Waals surface area contributed by atoms with Crippen molar-refractivity contribution in [3.05, 3.63) is 71.3 Å². The molecule has 8 heteroatoms. The topological polar surface area (TPSA) is 102 Å². The van der Waals surface area contributed by atoms with Crippen molar-refractivity contribution in [1.82, 2.24) is 4.37 Å². The third-order valence-electron chi connectivity index (χ3n) is 5.07. The first-order valence-corrected chi connectivity index (χ1v) is 11.1. The number of primary sulfonamides is 1. The molecule has 0 spiro atoms. The molecule has 1 aliphatic rings. The average Bonchev–Trinajstić information content (AvgIpc) is 3.12. The van der Waals surface area contributed by atoms with E-state index in [0.717, 1.165) is 21.3 Å². The van der Waals surface area contributed by atoms with Gasteiger partial charge in [-0.2, -0.15) is 4.37 Å². The highest BCUT2D eigenvalue weighted by molar-refractivity contribution is 7.89. The summed E-state index contributed by atoms with van der Waals surface area (Å²) in [4.78, 5) is 13.4. The van der Waals surface area contributed by atoms with Gasteiger partial charge in [0.2, 0.25) is 10.0 Å². The van der Waals surface area contributed by atoms with Crippen LogP contribution in [0.1, 0.15) is 21.5 Å². The van der Waals surface area contributed by atoms with Crippen molar-refractivity contribution in [3.63, 3.8) is 0 Å². The van der Waals surface area contributed by atoms with Crippen LogP contribution in [0.25, 0.3) is 21.3 Å². The molecule has 0 unspecified atom stereocenters. The van der Waals surface area contributed by atoms with Crippen LogP contribution in [0, 0.1) is 6.92 Å². The number of aromatic nitrogens is 1. The van der Waals surface area contributed by atoms with E-state index >= 15 is 0 Å². The van der Waals surface area contributed by atoms with Crippen LogP contribution in [0.4, 0.5) is 11.4 Å². The molecule has 6 nitrogen and oxygen atoms in total. The summed E-state index contributed by atoms with van der Waals surface area (Å²) in [6.07, 6.45) is 0. The lowest BCUT2D eigenvalue weighted by molar-refractivity contribution is 0.104. The number of aryl methyl sites for hydroxylation is 1. The number of rotatable bonds is 3. The standard InChI is InChI=1S/C21H15N3O3S2/c1-11-6-7-12(10-17(11)29(22,26)27)23-15-8-9-16-19-18(15)21(25)14-5-3-2-4-13(14)20(19)24-28-16/h2-10,23H,1H3,(H2,22,26,27). The van der Waals surface area contributed by atoms with E-state index in [2.05, 4.69) is 9.69 Å². The Morgan fingerprint density at radius 1 is 1.03 bits per heavy atom. The van der Waals surface area contributed by atoms with Crippen molar-refractivity contribution < 1.29 is 13.2 Å². The Labute approximate surface area is 171 Å². The fourth-order valence-corrected chi connectivity index (χ4v) is 5.33. The number of hydrogen-bond acceptors (Lipinski definition) is 6. The first-order chi connectivity index (χ1) is 13.8. The Balaban J connectivity index is 1.70. The Morgan fingerprint density at radius 3 is 2.55 bits per heavy atom. The average molecular weight is 422 g/mol. The van der Waals surface area contributed by atoms with Gasteiger partial charge in [0.1, 0.15) is 0 Å². The van der Waals surface area contributed by atoms with Crippen molar-refractivity contribution in [2.75, 3.05) is 5.32 Å². The first-order valence-electron chi connectivity index (χ1n) is 8.81. The predicted octanol–water partition coefficient (Wildman–Crippen LogP) is 4.21. The van der Waals surface area contributed by atoms with E-state index in [0.29, 0.717) is 28.1 Å². The van der Waals surface area contributed by atoms with Crippen molar-refractivity contribution >= 4 is 48.8 Å². The molecule has 1 heterocycles. The van der Waals surface area contributed by atoms with Crippen molar-refractivity contribution in [2.45, 2.75) is 11.8 Å². The molecule has 3 N–H and O–H groups in total. The summed E-state index contributed by atoms with van der Waals surface area (Å²) in [7, 11) is -3.85. The van der Waals surface area contributed by atoms with E-state index in [1.807, 2.05) is 30.3 Å². The number of nitrogens with two attached hydrogens (primary N) is 1. The number of carbonyl (C=O) groups is 1. The highest BCUT2D eigenvalue weighted by Gasteiger charge is 2.29. The monoisotopic (exact) mass is 421 g/mol. The largest absolute Gasteiger partial charge is 0.355 e. The lowest BCUT2D eigenvalue weighted by Crippen LogP contribution is -2.14. The minimum absolute atomic E-state index is 0.0479. The van der Waals surface area contributed by atoms with E-state index in [4.69, 9.17) is 5.14 Å². The number of benzene rings is 3. The molecule has 0 bridgehead atoms. The maximum atomic E-state index is 13.3. The molecular weight excluding hydrogens is 406 g/mol. The molecule has 29 heavy (non-hydrogen) atoms. The van der Waals surface area contributed by atoms with Gasteiger partial charge in [-0.15, -0.1) is 0 Å². The molecule has 0 amide bonds. The van der Waals surface area contributed by atoms with Crippen LogP contribution in [-0.2, 0) is 10.0 Å². The maximum Gasteiger partial charge on any atom is 0.238 e. The van der Waals surface area contributed by atoms with Gasteiger partial charge in [0.25, 0.3) is 0 Å². The molecule has 1 aromatic heterocycles. The maximum absolute atomic E-state index is 13.3. The summed E-state index contributed by atoms with van der Waals surface area (Å²) in [6, 6.07) is 16.1. The van der Waals surface area contributed by atoms with Gasteiger partial charge in [0.15, 0.2) is 5.78 Å². The number of carbonyl (C=O) groups excluding carboxylic acids is 1. The van der Waals surface area contributed by atoms with Crippen LogP contribution in [0.2, 0.25) is 0 Å². The molecule has 0 saturated carbocycles. The van der Waals surface area contributed by atoms with E-state index in [-0.39, 0.29) is 10.7 Å². The smallest absolute Gasteiger partial charge is 0.238 e. The fourth-order valence-electron chi connectivity index (χ4n) is 3.72. The van der Waals surface area contributed by atoms with Gasteiger partial charge >= 0.3 is 0 Å². The van der Waals surface area contributed by atoms with Crippen LogP contribution < -0.4 is 10.5 Å². The predicted molar refractivity (Wildman–Crippen MR) is 114 cm³/mol. The zero-order valence-electron chi connectivity index (χ0n) is 15.3. The van der Waals surface area contributed by atoms with Gasteiger partial charge in [-0.3, -0.25) is 4.79 Å². The van der Waals surface area contributed by atoms with Gasteiger partial charge in [-0.1, -0.05) is 30.3 Å². The second-order valence-electron chi connectivity index (χ2n) is 6.92. The van der Waals surface area contributed by atoms with Gasteiger partial charge in [-0.05, 0) is 48.3 Å². The molecule has 1 aliphatic carbocycles. The fraction of sp³-hybridized carbons (Fsp3) is 0.0476. The van der Waals surface area contributed by atoms with Gasteiger partial charge in [0.05, 0.1) is 26.5 Å². The highest BCUT2D eigenvalue weighted by Crippen LogP contribution is 2.43. The zero-order valence-corrected chi connectivity index (χ0v) is 16.9. The third-order valence-corrected chi connectivity index (χ3v) is 6.93. The van der Waals surface area contributed by atoms with E-state index < -0.39 is 10.0 Å². The molecule has 5 rings (SSSR count). The molecule has 0 fully saturated rings. The Hall–Kier alpha value is -3.07. The lowest BCUT2D eigenvalue weighted by Gasteiger charge is -2.19. The number of fused-ring (bicyclic) bond motifs is 2. The quantitative estimate of drug-likeness (QED) is 0.454. The summed E-state index contributed by atoms with van der Waals surface area (Å²) in [5.74, 6) is -0.0832. The highest BCUT2D eigenvalue weighted by atomic mass is 32.2. The molecule has 4 aromatic rings. The summed E-state index contributed by atoms with van der Waals surface area (Å²) in [5.41, 5.74) is 4.48. The molecule has 144 valence electrons. The Morgan fingerprint density at radius 2 is 1.79 bits per heavy atom. The minimum Gasteiger partial charge on any atom is -0.355 e. The molecular formula is C21H15N3O3S2. The van der Waals surface area contributed by atoms with Gasteiger partial charge in [0, 0.05) is 22.2 Å². The van der Waals surface area contributed by atoms with Gasteiger partial charge in [-0.25, -0.2) is 13.6 Å². The summed E-state index contributed by atoms with van der Waals surface area (Å²) in [5, 5.41) is 9.35. The van der Waals surface area contributed by atoms with Crippen LogP contribution in [-0.4, -0.2) is 18.6 Å². The van der Waals surface area contributed by atoms with Crippen molar-refractivity contribution in [1.29, 1.82) is 0 Å². The second-order valence-corrected chi connectivity index (χ2v) is 9.25. The summed E-state index contributed by atoms with van der Waals surface area (Å²) < 4.78 is 29.2. The molecule has 0 saturated heterocycles. The lowest BCUT2D eigenvalue weighted by atomic mass is 9.86. The van der Waals surface area contributed by atoms with Crippen LogP contribution in [0.3, 0.4) is 0 Å². The van der Waals surface area contributed by atoms with Gasteiger partial charge < -0.3 is 5.32 Å². The zero-order chi connectivity index (χ0) is 20.3. The number of hydrogen-bond donors (Lipinski definition) is 2. The second kappa shape index (κ2) is 6.21. The molecule has 0 radical (unpaired) electrons. The number of anilines is 2. The Kier molecular flexibility index (Phi) is 3.86. The van der Waals surface area contributed by atoms with Crippen molar-refractivity contribution in [3.8, 4) is 11.3 Å². The number of nitrogens with zero attached hydrogens (tertiary/aromatic N) is 1. The van der Waals surface area contributed by atoms with Crippen LogP contribution in [0.5, 0.6) is 0 Å². The Bertz CT molecular complexity index is 1440. The molecule has 0 atom stereocenters. The number of sulfonamides is 1. The molecule has 0 aliphatic heterocycles. The molecule has 3 aromatic carbocycles. The third kappa shape index (κ3) is 2.76. The van der Waals surface area contributed by atoms with E-state index in [1.54, 1.807) is 25.1 Å². The summed E-state index contributed by atoms with van der Waals surface area (Å²) in [6.45, 7) is 1.68. The van der Waals surface area contributed by atoms with Crippen molar-refractivity contribution in [2.24, 2.45) is 5.14 Å². The normalized spacial score (nSPS) is 12.8. The van der Waals surface area contributed by atoms with E-state index in [1.165, 1.54) is 17.6 Å². The van der Waals surface area contributed by atoms with Crippen LogP contribution >= 0.6 is 11.5 Å². The van der Waals surface area contributed by atoms with Crippen LogP contribution in [0.15, 0.2) is 59.5 Å². The number of nitrogens with one attached hydrogen (secondary N) is 1. The van der Waals surface area contributed by atoms with E-state index in [9.17, 15) is 13.2 Å². The first kappa shape index (κ1) is 18.0.